The van der Waals surface area contributed by atoms with Crippen LogP contribution in [0.4, 0.5) is 0 Å². The summed E-state index contributed by atoms with van der Waals surface area (Å²) in [7, 11) is 3.18. The van der Waals surface area contributed by atoms with Crippen LogP contribution in [0.5, 0.6) is 0 Å². The van der Waals surface area contributed by atoms with Crippen LogP contribution in [0, 0.1) is 35.5 Å². The summed E-state index contributed by atoms with van der Waals surface area (Å²) in [5, 5.41) is 0.714. The van der Waals surface area contributed by atoms with Gasteiger partial charge >= 0.3 is 0 Å². The van der Waals surface area contributed by atoms with E-state index in [1.807, 2.05) is 0 Å². The zero-order chi connectivity index (χ0) is 34.5. The maximum Gasteiger partial charge on any atom is 0.0891 e. The first-order chi connectivity index (χ1) is 25.5. The predicted molar refractivity (Wildman–Crippen MR) is 221 cm³/mol. The number of benzene rings is 3. The Labute approximate surface area is 314 Å². The average molecular weight is 721 g/mol. The van der Waals surface area contributed by atoms with Crippen LogP contribution in [0.1, 0.15) is 99.6 Å². The minimum atomic E-state index is -0.426. The van der Waals surface area contributed by atoms with Crippen molar-refractivity contribution in [1.29, 1.82) is 0 Å². The zero-order valence-corrected chi connectivity index (χ0v) is 32.6. The summed E-state index contributed by atoms with van der Waals surface area (Å²) in [4.78, 5) is 7.46. The molecule has 1 atom stereocenters. The number of H-pyrrole nitrogens is 2. The Morgan fingerprint density at radius 2 is 0.942 bits per heavy atom. The summed E-state index contributed by atoms with van der Waals surface area (Å²) in [5.74, 6) is 5.94. The molecule has 13 rings (SSSR count). The highest BCUT2D eigenvalue weighted by atomic mass is 31.1. The van der Waals surface area contributed by atoms with Gasteiger partial charge in [-0.05, 0) is 199 Å². The largest absolute Gasteiger partial charge is 0.364 e. The van der Waals surface area contributed by atoms with Crippen LogP contribution in [0.25, 0.3) is 22.3 Å². The summed E-state index contributed by atoms with van der Waals surface area (Å²) >= 11 is 0. The van der Waals surface area contributed by atoms with E-state index in [0.29, 0.717) is 10.3 Å². The number of nitrogens with one attached hydrogen (secondary N) is 2. The maximum atomic E-state index is 3.73. The first kappa shape index (κ1) is 32.5. The van der Waals surface area contributed by atoms with Crippen LogP contribution in [-0.2, 0) is 11.3 Å². The van der Waals surface area contributed by atoms with Gasteiger partial charge < -0.3 is 9.97 Å². The quantitative estimate of drug-likeness (QED) is 0.142. The molecule has 266 valence electrons. The molecule has 0 amide bonds. The minimum absolute atomic E-state index is 0.238. The van der Waals surface area contributed by atoms with Gasteiger partial charge in [-0.2, -0.15) is 0 Å². The monoisotopic (exact) mass is 720 g/mol. The lowest BCUT2D eigenvalue weighted by atomic mass is 9.55. The Balaban J connectivity index is 1.16. The lowest BCUT2D eigenvalue weighted by Crippen LogP contribution is -2.56. The van der Waals surface area contributed by atoms with Gasteiger partial charge in [-0.1, -0.05) is 68.6 Å². The molecule has 8 bridgehead atoms. The number of rotatable bonds is 9. The second kappa shape index (κ2) is 12.3. The number of hydrogen-bond donors (Lipinski definition) is 2. The highest BCUT2D eigenvalue weighted by Crippen LogP contribution is 2.80. The first-order valence-corrected chi connectivity index (χ1v) is 22.7. The Hall–Kier alpha value is -2.92. The smallest absolute Gasteiger partial charge is 0.0891 e. The van der Waals surface area contributed by atoms with Gasteiger partial charge in [-0.15, -0.1) is 9.24 Å². The van der Waals surface area contributed by atoms with Gasteiger partial charge in [0.15, 0.2) is 0 Å². The molecule has 2 N–H and O–H groups in total. The van der Waals surface area contributed by atoms with Crippen LogP contribution in [0.15, 0.2) is 109 Å². The van der Waals surface area contributed by atoms with Gasteiger partial charge in [0.1, 0.15) is 0 Å². The van der Waals surface area contributed by atoms with Crippen molar-refractivity contribution in [2.45, 2.75) is 98.7 Å². The molecule has 5 aromatic rings. The fourth-order valence-electron chi connectivity index (χ4n) is 14.2. The van der Waals surface area contributed by atoms with E-state index in [0.717, 1.165) is 35.5 Å². The molecule has 8 saturated carbocycles. The molecule has 3 aromatic carbocycles. The van der Waals surface area contributed by atoms with Gasteiger partial charge in [-0.25, -0.2) is 0 Å². The van der Waals surface area contributed by atoms with E-state index >= 15 is 0 Å². The van der Waals surface area contributed by atoms with Crippen molar-refractivity contribution >= 4 is 17.2 Å². The van der Waals surface area contributed by atoms with Crippen LogP contribution in [0.3, 0.4) is 0 Å². The molecule has 2 nitrogen and oxygen atoms in total. The predicted octanol–water partition coefficient (Wildman–Crippen LogP) is 12.8. The van der Waals surface area contributed by atoms with Gasteiger partial charge in [0.25, 0.3) is 0 Å². The summed E-state index contributed by atoms with van der Waals surface area (Å²) in [5.41, 5.74) is 10.9. The normalized spacial score (nSPS) is 33.5. The standard InChI is InChI=1S/C48H54N2P2/c51-48(44-13-7-15-49-44,45-14-8-16-50-45)43-24-42(39-11-5-2-6-12-39)41(38-9-3-1-4-10-38)23-40(43)31-52(46-25-32-17-33(26-46)19-34(18-32)27-46)47-28-35-20-36(29-47)22-37(21-35)30-47/h1-16,23-24,32-37,49-50H,17-22,25-31,51H2. The van der Waals surface area contributed by atoms with Gasteiger partial charge in [0.2, 0.25) is 0 Å². The van der Waals surface area contributed by atoms with Crippen molar-refractivity contribution in [1.82, 2.24) is 9.97 Å². The Morgan fingerprint density at radius 1 is 0.538 bits per heavy atom. The van der Waals surface area contributed by atoms with Gasteiger partial charge in [0, 0.05) is 23.8 Å². The lowest BCUT2D eigenvalue weighted by Gasteiger charge is -2.67. The summed E-state index contributed by atoms with van der Waals surface area (Å²) < 4.78 is 0. The third-order valence-corrected chi connectivity index (χ3v) is 20.3. The van der Waals surface area contributed by atoms with E-state index in [4.69, 9.17) is 0 Å². The third-order valence-electron chi connectivity index (χ3n) is 15.4. The van der Waals surface area contributed by atoms with E-state index in [1.165, 1.54) is 122 Å². The molecule has 2 aromatic heterocycles. The second-order valence-electron chi connectivity index (χ2n) is 18.6. The molecule has 4 heteroatoms. The molecule has 52 heavy (non-hydrogen) atoms. The summed E-state index contributed by atoms with van der Waals surface area (Å²) in [6.45, 7) is 0. The van der Waals surface area contributed by atoms with E-state index in [9.17, 15) is 0 Å². The van der Waals surface area contributed by atoms with Crippen molar-refractivity contribution in [3.63, 3.8) is 0 Å². The third kappa shape index (κ3) is 5.17. The topological polar surface area (TPSA) is 31.6 Å². The molecule has 1 unspecified atom stereocenters. The van der Waals surface area contributed by atoms with E-state index < -0.39 is 5.16 Å². The van der Waals surface area contributed by atoms with Crippen LogP contribution in [-0.4, -0.2) is 20.3 Å². The zero-order valence-electron chi connectivity index (χ0n) is 30.6. The van der Waals surface area contributed by atoms with Gasteiger partial charge in [0.05, 0.1) is 5.16 Å². The first-order valence-electron chi connectivity index (χ1n) is 20.6. The molecule has 0 saturated heterocycles. The molecule has 8 aliphatic rings. The van der Waals surface area contributed by atoms with E-state index in [2.05, 4.69) is 129 Å². The molecule has 2 heterocycles. The Kier molecular flexibility index (Phi) is 7.69. The second-order valence-corrected chi connectivity index (χ2v) is 22.6. The minimum Gasteiger partial charge on any atom is -0.364 e. The van der Waals surface area contributed by atoms with Crippen LogP contribution in [0.2, 0.25) is 0 Å². The molecule has 0 radical (unpaired) electrons. The highest BCUT2D eigenvalue weighted by molar-refractivity contribution is 7.60. The molecular weight excluding hydrogens is 666 g/mol. The average Bonchev–Trinajstić information content (AvgIpc) is 3.90. The SMILES string of the molecule is PC(c1ccc[nH]1)(c1ccc[nH]1)c1cc(-c2ccccc2)c(-c2ccccc2)cc1CP(C12CC3CC(CC(C3)C1)C2)C12CC3CC(CC(C3)C1)C2. The Bertz CT molecular complexity index is 1900. The number of hydrogen-bond acceptors (Lipinski definition) is 0. The maximum absolute atomic E-state index is 3.73. The molecule has 8 aliphatic carbocycles. The molecular formula is C48H54N2P2. The van der Waals surface area contributed by atoms with E-state index in [1.54, 1.807) is 5.56 Å². The fraction of sp³-hybridized carbons (Fsp3) is 0.458. The van der Waals surface area contributed by atoms with E-state index in [-0.39, 0.29) is 7.92 Å². The lowest BCUT2D eigenvalue weighted by molar-refractivity contribution is 0.0184. The Morgan fingerprint density at radius 3 is 1.33 bits per heavy atom. The molecule has 0 spiro atoms. The van der Waals surface area contributed by atoms with Crippen molar-refractivity contribution in [3.05, 3.63) is 132 Å². The summed E-state index contributed by atoms with van der Waals surface area (Å²) in [6, 6.07) is 36.9. The fourth-order valence-corrected chi connectivity index (χ4v) is 20.0. The van der Waals surface area contributed by atoms with Crippen molar-refractivity contribution in [2.75, 3.05) is 0 Å². The van der Waals surface area contributed by atoms with Gasteiger partial charge in [-0.3, -0.25) is 0 Å². The number of aromatic nitrogens is 2. The van der Waals surface area contributed by atoms with Crippen molar-refractivity contribution in [2.24, 2.45) is 35.5 Å². The molecule has 8 fully saturated rings. The summed E-state index contributed by atoms with van der Waals surface area (Å²) in [6.07, 6.45) is 23.9. The van der Waals surface area contributed by atoms with Crippen molar-refractivity contribution < 1.29 is 0 Å². The van der Waals surface area contributed by atoms with Crippen LogP contribution < -0.4 is 0 Å². The van der Waals surface area contributed by atoms with Crippen LogP contribution >= 0.6 is 17.2 Å². The highest BCUT2D eigenvalue weighted by Gasteiger charge is 2.62. The van der Waals surface area contributed by atoms with Crippen molar-refractivity contribution in [3.8, 4) is 22.3 Å². The number of aromatic amines is 2. The molecule has 0 aliphatic heterocycles.